The summed E-state index contributed by atoms with van der Waals surface area (Å²) in [6.07, 6.45) is 1.23. The van der Waals surface area contributed by atoms with Gasteiger partial charge in [0, 0.05) is 5.38 Å². The van der Waals surface area contributed by atoms with Crippen molar-refractivity contribution in [2.24, 2.45) is 0 Å². The fraction of sp³-hybridized carbons (Fsp3) is 0.786. The van der Waals surface area contributed by atoms with Crippen LogP contribution in [0.3, 0.4) is 0 Å². The van der Waals surface area contributed by atoms with E-state index < -0.39 is 0 Å². The second-order valence-corrected chi connectivity index (χ2v) is 5.83. The van der Waals surface area contributed by atoms with Gasteiger partial charge in [0.25, 0.3) is 0 Å². The maximum absolute atomic E-state index is 5.79. The predicted octanol–water partition coefficient (Wildman–Crippen LogP) is 3.44. The van der Waals surface area contributed by atoms with Crippen LogP contribution in [0.15, 0.2) is 5.38 Å². The van der Waals surface area contributed by atoms with Crippen LogP contribution in [0.2, 0.25) is 0 Å². The monoisotopic (exact) mass is 303 g/mol. The Morgan fingerprint density at radius 2 is 1.74 bits per heavy atom. The molecule has 0 saturated heterocycles. The maximum Gasteiger partial charge on any atom is 0.107 e. The van der Waals surface area contributed by atoms with Crippen LogP contribution < -0.4 is 0 Å². The highest BCUT2D eigenvalue weighted by molar-refractivity contribution is 7.09. The van der Waals surface area contributed by atoms with Crippen LogP contribution in [0.5, 0.6) is 0 Å². The third-order valence-electron chi connectivity index (χ3n) is 3.39. The molecule has 110 valence electrons. The fourth-order valence-corrected chi connectivity index (χ4v) is 3.14. The van der Waals surface area contributed by atoms with Gasteiger partial charge < -0.3 is 4.90 Å². The minimum Gasteiger partial charge on any atom is -0.304 e. The second kappa shape index (κ2) is 9.70. The van der Waals surface area contributed by atoms with E-state index in [1.807, 2.05) is 0 Å². The number of hydrogen-bond acceptors (Lipinski definition) is 4. The molecule has 5 heteroatoms. The first-order chi connectivity index (χ1) is 9.23. The molecule has 0 unspecified atom stereocenters. The topological polar surface area (TPSA) is 19.4 Å². The lowest BCUT2D eigenvalue weighted by Gasteiger charge is -2.22. The molecule has 0 aliphatic rings. The Kier molecular flexibility index (Phi) is 8.62. The molecule has 1 aromatic heterocycles. The zero-order chi connectivity index (χ0) is 14.1. The molecule has 0 N–H and O–H groups in total. The Balaban J connectivity index is 2.33. The zero-order valence-corrected chi connectivity index (χ0v) is 13.9. The van der Waals surface area contributed by atoms with E-state index in [0.29, 0.717) is 5.88 Å². The van der Waals surface area contributed by atoms with E-state index in [9.17, 15) is 0 Å². The molecule has 0 aromatic carbocycles. The number of thiazole rings is 1. The summed E-state index contributed by atoms with van der Waals surface area (Å²) in [7, 11) is 0. The summed E-state index contributed by atoms with van der Waals surface area (Å²) < 4.78 is 0. The fourth-order valence-electron chi connectivity index (χ4n) is 2.08. The molecule has 1 heterocycles. The Bertz CT molecular complexity index is 339. The lowest BCUT2D eigenvalue weighted by atomic mass is 10.3. The molecule has 1 aromatic rings. The van der Waals surface area contributed by atoms with Crippen molar-refractivity contribution in [1.82, 2.24) is 14.8 Å². The van der Waals surface area contributed by atoms with E-state index >= 15 is 0 Å². The van der Waals surface area contributed by atoms with Crippen molar-refractivity contribution < 1.29 is 0 Å². The molecule has 0 bridgehead atoms. The molecule has 0 atom stereocenters. The highest BCUT2D eigenvalue weighted by Crippen LogP contribution is 2.14. The van der Waals surface area contributed by atoms with E-state index in [2.05, 4.69) is 40.9 Å². The minimum atomic E-state index is 0.518. The van der Waals surface area contributed by atoms with Gasteiger partial charge in [0.2, 0.25) is 0 Å². The van der Waals surface area contributed by atoms with Gasteiger partial charge in [-0.2, -0.15) is 0 Å². The Morgan fingerprint density at radius 1 is 1.11 bits per heavy atom. The minimum absolute atomic E-state index is 0.518. The van der Waals surface area contributed by atoms with Gasteiger partial charge >= 0.3 is 0 Å². The Hall–Kier alpha value is -0.160. The van der Waals surface area contributed by atoms with Crippen molar-refractivity contribution in [3.63, 3.8) is 0 Å². The molecular formula is C14H26ClN3S. The molecule has 0 aliphatic carbocycles. The summed E-state index contributed by atoms with van der Waals surface area (Å²) in [6.45, 7) is 13.3. The van der Waals surface area contributed by atoms with E-state index in [4.69, 9.17) is 11.6 Å². The summed E-state index contributed by atoms with van der Waals surface area (Å²) in [5.41, 5.74) is 1.00. The third kappa shape index (κ3) is 6.21. The van der Waals surface area contributed by atoms with Crippen molar-refractivity contribution in [3.8, 4) is 0 Å². The SMILES string of the molecule is CCN(CC)CCCN(CC)Cc1nc(CCl)cs1. The van der Waals surface area contributed by atoms with Gasteiger partial charge in [-0.3, -0.25) is 4.90 Å². The smallest absolute Gasteiger partial charge is 0.107 e. The quantitative estimate of drug-likeness (QED) is 0.617. The first-order valence-corrected chi connectivity index (χ1v) is 8.58. The van der Waals surface area contributed by atoms with Gasteiger partial charge in [-0.1, -0.05) is 20.8 Å². The average molecular weight is 304 g/mol. The van der Waals surface area contributed by atoms with Crippen molar-refractivity contribution in [3.05, 3.63) is 16.1 Å². The van der Waals surface area contributed by atoms with Crippen LogP contribution in [0.1, 0.15) is 37.9 Å². The summed E-state index contributed by atoms with van der Waals surface area (Å²) in [4.78, 5) is 9.46. The molecule has 0 spiro atoms. The van der Waals surface area contributed by atoms with E-state index in [-0.39, 0.29) is 0 Å². The Labute approximate surface area is 126 Å². The largest absolute Gasteiger partial charge is 0.304 e. The number of hydrogen-bond donors (Lipinski definition) is 0. The van der Waals surface area contributed by atoms with Crippen molar-refractivity contribution in [2.75, 3.05) is 32.7 Å². The summed E-state index contributed by atoms with van der Waals surface area (Å²) in [5, 5.41) is 3.24. The van der Waals surface area contributed by atoms with Gasteiger partial charge in [0.1, 0.15) is 5.01 Å². The van der Waals surface area contributed by atoms with Crippen molar-refractivity contribution >= 4 is 22.9 Å². The lowest BCUT2D eigenvalue weighted by molar-refractivity contribution is 0.238. The highest BCUT2D eigenvalue weighted by atomic mass is 35.5. The van der Waals surface area contributed by atoms with Crippen molar-refractivity contribution in [2.45, 2.75) is 39.6 Å². The molecule has 3 nitrogen and oxygen atoms in total. The van der Waals surface area contributed by atoms with E-state index in [1.165, 1.54) is 18.0 Å². The van der Waals surface area contributed by atoms with Crippen LogP contribution >= 0.6 is 22.9 Å². The van der Waals surface area contributed by atoms with Crippen LogP contribution in [0.4, 0.5) is 0 Å². The molecule has 0 saturated carbocycles. The predicted molar refractivity (Wildman–Crippen MR) is 85.0 cm³/mol. The van der Waals surface area contributed by atoms with Crippen LogP contribution in [0, 0.1) is 0 Å². The summed E-state index contributed by atoms with van der Waals surface area (Å²) in [6, 6.07) is 0. The first-order valence-electron chi connectivity index (χ1n) is 7.17. The third-order valence-corrected chi connectivity index (χ3v) is 4.54. The van der Waals surface area contributed by atoms with Crippen LogP contribution in [-0.4, -0.2) is 47.5 Å². The number of alkyl halides is 1. The lowest BCUT2D eigenvalue weighted by Crippen LogP contribution is -2.29. The zero-order valence-electron chi connectivity index (χ0n) is 12.4. The molecule has 1 rings (SSSR count). The van der Waals surface area contributed by atoms with Gasteiger partial charge in [0.15, 0.2) is 0 Å². The molecular weight excluding hydrogens is 278 g/mol. The van der Waals surface area contributed by atoms with Gasteiger partial charge in [-0.05, 0) is 39.1 Å². The van der Waals surface area contributed by atoms with Gasteiger partial charge in [-0.15, -0.1) is 22.9 Å². The summed E-state index contributed by atoms with van der Waals surface area (Å²) >= 11 is 7.51. The second-order valence-electron chi connectivity index (χ2n) is 4.62. The van der Waals surface area contributed by atoms with E-state index in [0.717, 1.165) is 38.4 Å². The standard InChI is InChI=1S/C14H26ClN3S/c1-4-17(5-2)8-7-9-18(6-3)11-14-16-13(10-15)12-19-14/h12H,4-11H2,1-3H3. The van der Waals surface area contributed by atoms with E-state index in [1.54, 1.807) is 11.3 Å². The maximum atomic E-state index is 5.79. The summed E-state index contributed by atoms with van der Waals surface area (Å²) in [5.74, 6) is 0.518. The molecule has 0 aliphatic heterocycles. The highest BCUT2D eigenvalue weighted by Gasteiger charge is 2.08. The molecule has 0 amide bonds. The molecule has 0 radical (unpaired) electrons. The molecule has 0 fully saturated rings. The number of rotatable bonds is 10. The van der Waals surface area contributed by atoms with Crippen molar-refractivity contribution in [1.29, 1.82) is 0 Å². The van der Waals surface area contributed by atoms with Crippen LogP contribution in [-0.2, 0) is 12.4 Å². The van der Waals surface area contributed by atoms with Gasteiger partial charge in [0.05, 0.1) is 18.1 Å². The Morgan fingerprint density at radius 3 is 2.26 bits per heavy atom. The normalized spacial score (nSPS) is 11.7. The number of aromatic nitrogens is 1. The average Bonchev–Trinajstić information content (AvgIpc) is 2.90. The van der Waals surface area contributed by atoms with Gasteiger partial charge in [-0.25, -0.2) is 4.98 Å². The number of nitrogens with zero attached hydrogens (tertiary/aromatic N) is 3. The number of halogens is 1. The first kappa shape index (κ1) is 16.9. The van der Waals surface area contributed by atoms with Crippen LogP contribution in [0.25, 0.3) is 0 Å². The molecule has 19 heavy (non-hydrogen) atoms.